The van der Waals surface area contributed by atoms with E-state index < -0.39 is 28.1 Å². The third-order valence-electron chi connectivity index (χ3n) is 2.04. The lowest BCUT2D eigenvalue weighted by molar-refractivity contribution is -0.153. The first-order valence-electron chi connectivity index (χ1n) is 4.69. The number of amides is 1. The van der Waals surface area contributed by atoms with Gasteiger partial charge >= 0.3 is 5.97 Å². The summed E-state index contributed by atoms with van der Waals surface area (Å²) in [5.41, 5.74) is -1.44. The number of hydrogen-bond acceptors (Lipinski definition) is 3. The molecule has 1 amide bonds. The summed E-state index contributed by atoms with van der Waals surface area (Å²) in [6, 6.07) is 0. The van der Waals surface area contributed by atoms with E-state index in [0.717, 1.165) is 0 Å². The number of aliphatic carboxylic acids is 1. The van der Waals surface area contributed by atoms with Gasteiger partial charge in [0.15, 0.2) is 0 Å². The fourth-order valence-corrected chi connectivity index (χ4v) is 1.36. The van der Waals surface area contributed by atoms with E-state index in [0.29, 0.717) is 11.5 Å². The Morgan fingerprint density at radius 3 is 2.33 bits per heavy atom. The van der Waals surface area contributed by atoms with E-state index >= 15 is 0 Å². The normalized spacial score (nSPS) is 13.3. The lowest BCUT2D eigenvalue weighted by Gasteiger charge is -2.18. The molecular weight excluding hydrogens is 218 g/mol. The highest BCUT2D eigenvalue weighted by Crippen LogP contribution is 2.14. The quantitative estimate of drug-likeness (QED) is 0.634. The largest absolute Gasteiger partial charge is 0.480 e. The fraction of sp³-hybridized carbons (Fsp3) is 0.778. The molecule has 0 radical (unpaired) electrons. The molecule has 1 unspecified atom stereocenters. The van der Waals surface area contributed by atoms with Crippen LogP contribution in [0.15, 0.2) is 0 Å². The first-order valence-corrected chi connectivity index (χ1v) is 6.17. The molecule has 0 bridgehead atoms. The van der Waals surface area contributed by atoms with Gasteiger partial charge in [0.05, 0.1) is 0 Å². The highest BCUT2D eigenvalue weighted by Gasteiger charge is 2.35. The van der Waals surface area contributed by atoms with Crippen LogP contribution < -0.4 is 5.32 Å². The van der Waals surface area contributed by atoms with Gasteiger partial charge in [-0.1, -0.05) is 6.92 Å². The topological polar surface area (TPSA) is 83.5 Å². The molecule has 0 heterocycles. The van der Waals surface area contributed by atoms with Crippen LogP contribution in [0.4, 0.5) is 0 Å². The molecule has 0 aromatic carbocycles. The Hall–Kier alpha value is -0.910. The van der Waals surface area contributed by atoms with Crippen LogP contribution in [0.25, 0.3) is 0 Å². The molecule has 1 atom stereocenters. The highest BCUT2D eigenvalue weighted by atomic mass is 32.2. The van der Waals surface area contributed by atoms with Crippen LogP contribution in [-0.2, 0) is 20.4 Å². The first kappa shape index (κ1) is 14.1. The zero-order valence-electron chi connectivity index (χ0n) is 9.20. The molecule has 0 saturated heterocycles. The average Bonchev–Trinajstić information content (AvgIpc) is 2.16. The van der Waals surface area contributed by atoms with Gasteiger partial charge in [0.2, 0.25) is 5.91 Å². The number of hydrogen-bond donors (Lipinski definition) is 2. The maximum Gasteiger partial charge on any atom is 0.318 e. The van der Waals surface area contributed by atoms with E-state index in [-0.39, 0.29) is 6.54 Å². The van der Waals surface area contributed by atoms with Crippen molar-refractivity contribution in [2.24, 2.45) is 5.41 Å². The molecule has 0 aromatic heterocycles. The van der Waals surface area contributed by atoms with Crippen LogP contribution in [-0.4, -0.2) is 39.2 Å². The van der Waals surface area contributed by atoms with Gasteiger partial charge in [-0.2, -0.15) is 0 Å². The van der Waals surface area contributed by atoms with E-state index in [1.54, 1.807) is 6.92 Å². The summed E-state index contributed by atoms with van der Waals surface area (Å²) in [4.78, 5) is 22.1. The van der Waals surface area contributed by atoms with E-state index in [9.17, 15) is 13.8 Å². The predicted octanol–water partition coefficient (Wildman–Crippen LogP) is -0.0180. The van der Waals surface area contributed by atoms with Crippen molar-refractivity contribution in [3.8, 4) is 0 Å². The zero-order valence-corrected chi connectivity index (χ0v) is 10.0. The monoisotopic (exact) mass is 235 g/mol. The van der Waals surface area contributed by atoms with E-state index in [1.165, 1.54) is 13.8 Å². The first-order chi connectivity index (χ1) is 6.82. The Morgan fingerprint density at radius 2 is 1.93 bits per heavy atom. The van der Waals surface area contributed by atoms with Gasteiger partial charge in [-0.25, -0.2) is 0 Å². The third-order valence-corrected chi connectivity index (χ3v) is 3.34. The van der Waals surface area contributed by atoms with Crippen molar-refractivity contribution < 1.29 is 18.9 Å². The van der Waals surface area contributed by atoms with E-state index in [1.807, 2.05) is 0 Å². The van der Waals surface area contributed by atoms with Gasteiger partial charge in [-0.05, 0) is 13.8 Å². The van der Waals surface area contributed by atoms with E-state index in [4.69, 9.17) is 5.11 Å². The van der Waals surface area contributed by atoms with Crippen molar-refractivity contribution in [1.82, 2.24) is 5.32 Å². The van der Waals surface area contributed by atoms with Crippen molar-refractivity contribution in [1.29, 1.82) is 0 Å². The molecule has 15 heavy (non-hydrogen) atoms. The molecule has 0 aliphatic carbocycles. The van der Waals surface area contributed by atoms with Crippen LogP contribution in [0.2, 0.25) is 0 Å². The van der Waals surface area contributed by atoms with Crippen molar-refractivity contribution in [3.63, 3.8) is 0 Å². The number of nitrogens with one attached hydrogen (secondary N) is 1. The fourth-order valence-electron chi connectivity index (χ4n) is 0.741. The Balaban J connectivity index is 4.05. The predicted molar refractivity (Wildman–Crippen MR) is 58.0 cm³/mol. The molecule has 2 N–H and O–H groups in total. The molecule has 0 aromatic rings. The average molecular weight is 235 g/mol. The molecule has 0 saturated carbocycles. The Bertz CT molecular complexity index is 275. The number of carbonyl (C=O) groups excluding carboxylic acids is 1. The maximum absolute atomic E-state index is 11.4. The number of carbonyl (C=O) groups is 2. The summed E-state index contributed by atoms with van der Waals surface area (Å²) in [5.74, 6) is -0.824. The van der Waals surface area contributed by atoms with Crippen molar-refractivity contribution in [2.75, 3.05) is 18.1 Å². The van der Waals surface area contributed by atoms with Crippen LogP contribution in [0.5, 0.6) is 0 Å². The summed E-state index contributed by atoms with van der Waals surface area (Å²) >= 11 is 0. The minimum atomic E-state index is -1.44. The lowest BCUT2D eigenvalue weighted by atomic mass is 9.93. The summed E-state index contributed by atoms with van der Waals surface area (Å²) in [6.45, 7) is 4.71. The van der Waals surface area contributed by atoms with Gasteiger partial charge in [0.1, 0.15) is 5.41 Å². The second kappa shape index (κ2) is 5.85. The molecule has 0 rings (SSSR count). The van der Waals surface area contributed by atoms with Crippen LogP contribution in [0.3, 0.4) is 0 Å². The number of carboxylic acid groups (broad SMARTS) is 1. The van der Waals surface area contributed by atoms with Crippen molar-refractivity contribution in [3.05, 3.63) is 0 Å². The lowest BCUT2D eigenvalue weighted by Crippen LogP contribution is -2.43. The minimum Gasteiger partial charge on any atom is -0.480 e. The smallest absolute Gasteiger partial charge is 0.318 e. The van der Waals surface area contributed by atoms with Gasteiger partial charge in [-0.15, -0.1) is 0 Å². The standard InChI is InChI=1S/C9H17NO4S/c1-4-15(14)6-5-10-7(11)9(2,3)8(12)13/h4-6H2,1-3H3,(H,10,11)(H,12,13). The molecule has 0 spiro atoms. The van der Waals surface area contributed by atoms with Gasteiger partial charge in [0, 0.05) is 28.9 Å². The van der Waals surface area contributed by atoms with Gasteiger partial charge < -0.3 is 10.4 Å². The molecule has 0 aliphatic heterocycles. The van der Waals surface area contributed by atoms with Gasteiger partial charge in [-0.3, -0.25) is 13.8 Å². The SMILES string of the molecule is CCS(=O)CCNC(=O)C(C)(C)C(=O)O. The van der Waals surface area contributed by atoms with Crippen LogP contribution >= 0.6 is 0 Å². The summed E-state index contributed by atoms with van der Waals surface area (Å²) < 4.78 is 11.0. The van der Waals surface area contributed by atoms with Crippen molar-refractivity contribution >= 4 is 22.7 Å². The molecule has 88 valence electrons. The zero-order chi connectivity index (χ0) is 12.1. The summed E-state index contributed by atoms with van der Waals surface area (Å²) in [7, 11) is -0.943. The van der Waals surface area contributed by atoms with Crippen LogP contribution in [0.1, 0.15) is 20.8 Å². The summed E-state index contributed by atoms with van der Waals surface area (Å²) in [5, 5.41) is 11.2. The number of carboxylic acids is 1. The summed E-state index contributed by atoms with van der Waals surface area (Å²) in [6.07, 6.45) is 0. The molecular formula is C9H17NO4S. The minimum absolute atomic E-state index is 0.246. The third kappa shape index (κ3) is 4.42. The molecule has 0 aliphatic rings. The molecule has 5 nitrogen and oxygen atoms in total. The van der Waals surface area contributed by atoms with Crippen LogP contribution in [0, 0.1) is 5.41 Å². The maximum atomic E-state index is 11.4. The highest BCUT2D eigenvalue weighted by molar-refractivity contribution is 7.84. The Kier molecular flexibility index (Phi) is 5.49. The molecule has 6 heteroatoms. The second-order valence-corrected chi connectivity index (χ2v) is 5.48. The van der Waals surface area contributed by atoms with Gasteiger partial charge in [0.25, 0.3) is 0 Å². The number of rotatable bonds is 6. The second-order valence-electron chi connectivity index (χ2n) is 3.62. The van der Waals surface area contributed by atoms with E-state index in [2.05, 4.69) is 5.32 Å². The van der Waals surface area contributed by atoms with Crippen molar-refractivity contribution in [2.45, 2.75) is 20.8 Å². The Labute approximate surface area is 91.7 Å². The molecule has 0 fully saturated rings. The Morgan fingerprint density at radius 1 is 1.40 bits per heavy atom.